The molecule has 0 aliphatic carbocycles. The molecule has 0 saturated carbocycles. The number of hydrogen-bond donors (Lipinski definition) is 1. The zero-order valence-electron chi connectivity index (χ0n) is 12.9. The van der Waals surface area contributed by atoms with Crippen molar-refractivity contribution >= 4 is 56.4 Å². The van der Waals surface area contributed by atoms with Gasteiger partial charge in [-0.1, -0.05) is 58.8 Å². The molecule has 2 aromatic heterocycles. The van der Waals surface area contributed by atoms with E-state index in [1.807, 2.05) is 48.5 Å². The number of nitrogens with one attached hydrogen (secondary N) is 1. The molecule has 0 bridgehead atoms. The number of halogens is 2. The summed E-state index contributed by atoms with van der Waals surface area (Å²) >= 11 is 14.1. The molecule has 0 atom stereocenters. The summed E-state index contributed by atoms with van der Waals surface area (Å²) in [5, 5.41) is 5.46. The molecule has 124 valence electrons. The maximum absolute atomic E-state index is 6.27. The summed E-state index contributed by atoms with van der Waals surface area (Å²) in [6.45, 7) is 0. The Bertz CT molecular complexity index is 1010. The van der Waals surface area contributed by atoms with Crippen LogP contribution in [0.25, 0.3) is 10.3 Å². The van der Waals surface area contributed by atoms with E-state index in [-0.39, 0.29) is 0 Å². The maximum Gasteiger partial charge on any atom is 0.161 e. The number of benzene rings is 2. The first-order valence-corrected chi connectivity index (χ1v) is 9.13. The van der Waals surface area contributed by atoms with Gasteiger partial charge >= 0.3 is 0 Å². The number of nitrogens with zero attached hydrogens (tertiary/aromatic N) is 3. The summed E-state index contributed by atoms with van der Waals surface area (Å²) in [6, 6.07) is 15.3. The van der Waals surface area contributed by atoms with Gasteiger partial charge in [-0.3, -0.25) is 0 Å². The summed E-state index contributed by atoms with van der Waals surface area (Å²) in [6.07, 6.45) is 2.10. The van der Waals surface area contributed by atoms with Gasteiger partial charge in [-0.25, -0.2) is 15.0 Å². The van der Waals surface area contributed by atoms with Crippen molar-refractivity contribution < 1.29 is 0 Å². The van der Waals surface area contributed by atoms with E-state index in [1.54, 1.807) is 0 Å². The van der Waals surface area contributed by atoms with E-state index in [9.17, 15) is 0 Å². The Kier molecular flexibility index (Phi) is 4.53. The quantitative estimate of drug-likeness (QED) is 0.486. The lowest BCUT2D eigenvalue weighted by atomic mass is 10.1. The van der Waals surface area contributed by atoms with Gasteiger partial charge in [-0.2, -0.15) is 0 Å². The summed E-state index contributed by atoms with van der Waals surface area (Å²) in [5.74, 6) is 0.684. The highest BCUT2D eigenvalue weighted by Gasteiger charge is 2.14. The Hall–Kier alpha value is -2.21. The molecule has 0 radical (unpaired) electrons. The van der Waals surface area contributed by atoms with Crippen LogP contribution in [-0.4, -0.2) is 15.0 Å². The van der Waals surface area contributed by atoms with Crippen LogP contribution in [0.5, 0.6) is 0 Å². The van der Waals surface area contributed by atoms with Crippen LogP contribution in [0, 0.1) is 0 Å². The molecule has 4 nitrogen and oxygen atoms in total. The van der Waals surface area contributed by atoms with E-state index in [0.29, 0.717) is 22.3 Å². The first-order chi connectivity index (χ1) is 12.2. The summed E-state index contributed by atoms with van der Waals surface area (Å²) < 4.78 is 0. The van der Waals surface area contributed by atoms with Crippen molar-refractivity contribution in [3.05, 3.63) is 75.5 Å². The predicted molar refractivity (Wildman–Crippen MR) is 104 cm³/mol. The molecule has 4 aromatic rings. The van der Waals surface area contributed by atoms with Crippen molar-refractivity contribution in [1.82, 2.24) is 15.0 Å². The van der Waals surface area contributed by atoms with Gasteiger partial charge in [-0.15, -0.1) is 0 Å². The standard InChI is InChI=1S/C18H12Cl2N4S/c19-13-7-4-8-14(20)12(13)9-15-24-16-17(21-10-22-18(16)25-15)23-11-5-2-1-3-6-11/h1-8,10H,9H2,(H,21,22,23). The highest BCUT2D eigenvalue weighted by Crippen LogP contribution is 2.31. The molecule has 0 aliphatic heterocycles. The second-order valence-electron chi connectivity index (χ2n) is 5.35. The normalized spacial score (nSPS) is 11.0. The third-order valence-electron chi connectivity index (χ3n) is 3.67. The third-order valence-corrected chi connectivity index (χ3v) is 5.34. The Labute approximate surface area is 158 Å². The molecule has 0 amide bonds. The first-order valence-electron chi connectivity index (χ1n) is 7.56. The largest absolute Gasteiger partial charge is 0.338 e. The predicted octanol–water partition coefficient (Wildman–Crippen LogP) is 5.73. The molecule has 0 aliphatic rings. The highest BCUT2D eigenvalue weighted by atomic mass is 35.5. The zero-order chi connectivity index (χ0) is 17.2. The maximum atomic E-state index is 6.27. The van der Waals surface area contributed by atoms with Crippen LogP contribution in [0.4, 0.5) is 11.5 Å². The summed E-state index contributed by atoms with van der Waals surface area (Å²) in [7, 11) is 0. The van der Waals surface area contributed by atoms with E-state index in [4.69, 9.17) is 28.2 Å². The van der Waals surface area contributed by atoms with Gasteiger partial charge in [0, 0.05) is 22.2 Å². The molecule has 2 heterocycles. The fourth-order valence-electron chi connectivity index (χ4n) is 2.47. The highest BCUT2D eigenvalue weighted by molar-refractivity contribution is 7.18. The molecule has 4 rings (SSSR count). The van der Waals surface area contributed by atoms with Gasteiger partial charge in [-0.05, 0) is 29.8 Å². The smallest absolute Gasteiger partial charge is 0.161 e. The summed E-state index contributed by atoms with van der Waals surface area (Å²) in [5.41, 5.74) is 2.57. The van der Waals surface area contributed by atoms with Gasteiger partial charge in [0.05, 0.1) is 0 Å². The number of rotatable bonds is 4. The average Bonchev–Trinajstić information content (AvgIpc) is 3.03. The fourth-order valence-corrected chi connectivity index (χ4v) is 3.92. The van der Waals surface area contributed by atoms with Gasteiger partial charge < -0.3 is 5.32 Å². The van der Waals surface area contributed by atoms with E-state index in [1.165, 1.54) is 17.7 Å². The van der Waals surface area contributed by atoms with Gasteiger partial charge in [0.1, 0.15) is 21.7 Å². The van der Waals surface area contributed by atoms with Crippen molar-refractivity contribution in [1.29, 1.82) is 0 Å². The minimum Gasteiger partial charge on any atom is -0.338 e. The molecular weight excluding hydrogens is 375 g/mol. The van der Waals surface area contributed by atoms with Gasteiger partial charge in [0.25, 0.3) is 0 Å². The Balaban J connectivity index is 1.70. The Morgan fingerprint density at radius 2 is 1.68 bits per heavy atom. The van der Waals surface area contributed by atoms with E-state index < -0.39 is 0 Å². The fraction of sp³-hybridized carbons (Fsp3) is 0.0556. The van der Waals surface area contributed by atoms with E-state index in [2.05, 4.69) is 15.3 Å². The monoisotopic (exact) mass is 386 g/mol. The van der Waals surface area contributed by atoms with Crippen molar-refractivity contribution in [3.63, 3.8) is 0 Å². The van der Waals surface area contributed by atoms with Crippen LogP contribution in [0.1, 0.15) is 10.6 Å². The number of para-hydroxylation sites is 1. The molecule has 1 N–H and O–H groups in total. The third kappa shape index (κ3) is 3.44. The lowest BCUT2D eigenvalue weighted by Crippen LogP contribution is -1.95. The van der Waals surface area contributed by atoms with Crippen molar-refractivity contribution in [2.75, 3.05) is 5.32 Å². The lowest BCUT2D eigenvalue weighted by Gasteiger charge is -2.05. The number of aromatic nitrogens is 3. The van der Waals surface area contributed by atoms with Crippen LogP contribution >= 0.6 is 34.5 Å². The van der Waals surface area contributed by atoms with Gasteiger partial charge in [0.15, 0.2) is 5.82 Å². The number of anilines is 2. The molecule has 0 fully saturated rings. The van der Waals surface area contributed by atoms with Gasteiger partial charge in [0.2, 0.25) is 0 Å². The molecule has 25 heavy (non-hydrogen) atoms. The van der Waals surface area contributed by atoms with E-state index in [0.717, 1.165) is 26.6 Å². The average molecular weight is 387 g/mol. The Morgan fingerprint density at radius 1 is 0.920 bits per heavy atom. The van der Waals surface area contributed by atoms with Crippen LogP contribution in [0.15, 0.2) is 54.9 Å². The van der Waals surface area contributed by atoms with Crippen molar-refractivity contribution in [3.8, 4) is 0 Å². The minimum absolute atomic E-state index is 0.560. The second kappa shape index (κ2) is 6.96. The zero-order valence-corrected chi connectivity index (χ0v) is 15.2. The number of hydrogen-bond acceptors (Lipinski definition) is 5. The first kappa shape index (κ1) is 16.3. The molecule has 0 saturated heterocycles. The Morgan fingerprint density at radius 3 is 2.44 bits per heavy atom. The van der Waals surface area contributed by atoms with Crippen molar-refractivity contribution in [2.45, 2.75) is 6.42 Å². The molecule has 0 spiro atoms. The molecular formula is C18H12Cl2N4S. The molecule has 0 unspecified atom stereocenters. The lowest BCUT2D eigenvalue weighted by molar-refractivity contribution is 1.14. The van der Waals surface area contributed by atoms with Crippen molar-refractivity contribution in [2.24, 2.45) is 0 Å². The topological polar surface area (TPSA) is 50.7 Å². The van der Waals surface area contributed by atoms with E-state index >= 15 is 0 Å². The number of fused-ring (bicyclic) bond motifs is 1. The van der Waals surface area contributed by atoms with Crippen LogP contribution in [-0.2, 0) is 6.42 Å². The number of thiazole rings is 1. The van der Waals surface area contributed by atoms with Crippen LogP contribution in [0.2, 0.25) is 10.0 Å². The second-order valence-corrected chi connectivity index (χ2v) is 7.23. The molecule has 7 heteroatoms. The van der Waals surface area contributed by atoms with Crippen LogP contribution < -0.4 is 5.32 Å². The molecule has 2 aromatic carbocycles. The van der Waals surface area contributed by atoms with Crippen LogP contribution in [0.3, 0.4) is 0 Å². The SMILES string of the molecule is Clc1cccc(Cl)c1Cc1nc2c(Nc3ccccc3)ncnc2s1. The minimum atomic E-state index is 0.560. The summed E-state index contributed by atoms with van der Waals surface area (Å²) in [4.78, 5) is 14.2.